The van der Waals surface area contributed by atoms with Gasteiger partial charge in [-0.25, -0.2) is 23.6 Å². The number of hydrogen-bond acceptors (Lipinski definition) is 13. The number of esters is 4. The number of Topliss-reactive ketones (excluding diaryl/α,β-unsaturated/α-hetero) is 2. The van der Waals surface area contributed by atoms with Gasteiger partial charge < -0.3 is 33.2 Å². The fraction of sp³-hybridized carbons (Fsp3) is 0.532. The number of ketones is 2. The number of carbonyl (C=O) groups is 6. The molecule has 0 radical (unpaired) electrons. The van der Waals surface area contributed by atoms with Gasteiger partial charge in [0, 0.05) is 55.4 Å². The Labute approximate surface area is 358 Å². The van der Waals surface area contributed by atoms with Gasteiger partial charge in [-0.15, -0.1) is 0 Å². The van der Waals surface area contributed by atoms with Crippen LogP contribution in [-0.4, -0.2) is 89.3 Å². The normalized spacial score (nSPS) is 15.0. The van der Waals surface area contributed by atoms with Crippen LogP contribution in [0.4, 0.5) is 4.39 Å². The number of carbonyl (C=O) groups excluding carboxylic acids is 6. The molecule has 2 aromatic rings. The summed E-state index contributed by atoms with van der Waals surface area (Å²) in [5, 5.41) is 0. The molecule has 0 bridgehead atoms. The molecule has 0 N–H and O–H groups in total. The zero-order valence-electron chi connectivity index (χ0n) is 36.2. The SMILES string of the molecule is C=C(C)C(=O)OCC(COC(=O)C(=O)CCOC)(COC(=O)C(=O)CCOC)COc1ccc(-c2ccc(C3CCC(CCCCCC)CC3)cc2F)c(OC(=O)C(=C)C)c1. The minimum Gasteiger partial charge on any atom is -0.492 e. The molecule has 334 valence electrons. The average Bonchev–Trinajstić information content (AvgIpc) is 3.25. The molecule has 0 heterocycles. The van der Waals surface area contributed by atoms with E-state index in [1.807, 2.05) is 6.07 Å². The summed E-state index contributed by atoms with van der Waals surface area (Å²) in [5.74, 6) is -5.50. The molecule has 0 atom stereocenters. The molecule has 1 aliphatic rings. The van der Waals surface area contributed by atoms with Crippen LogP contribution < -0.4 is 9.47 Å². The lowest BCUT2D eigenvalue weighted by Gasteiger charge is -2.32. The van der Waals surface area contributed by atoms with E-state index >= 15 is 4.39 Å². The number of methoxy groups -OCH3 is 2. The van der Waals surface area contributed by atoms with E-state index in [4.69, 9.17) is 33.2 Å². The van der Waals surface area contributed by atoms with Gasteiger partial charge in [0.2, 0.25) is 11.6 Å². The Balaban J connectivity index is 1.95. The first-order valence-corrected chi connectivity index (χ1v) is 20.8. The molecule has 2 aromatic carbocycles. The Morgan fingerprint density at radius 3 is 1.77 bits per heavy atom. The van der Waals surface area contributed by atoms with E-state index in [2.05, 4.69) is 20.1 Å². The predicted molar refractivity (Wildman–Crippen MR) is 224 cm³/mol. The first kappa shape index (κ1) is 50.1. The van der Waals surface area contributed by atoms with Crippen LogP contribution in [0.2, 0.25) is 0 Å². The standard InChI is InChI=1S/C47H61FO13/c1-8-9-10-11-12-33-13-15-34(16-14-33)35-17-19-37(39(48)25-35)38-20-18-36(26-42(38)61-44(52)32(4)5)57-27-47(28-58-43(51)31(2)3,29-59-45(53)40(49)21-23-55-6)30-60-46(54)41(50)22-24-56-7/h17-20,25-26,33-34H,2,4,8-16,21-24,27-30H2,1,3,5-7H3. The third-order valence-electron chi connectivity index (χ3n) is 10.5. The van der Waals surface area contributed by atoms with Crippen molar-refractivity contribution < 1.29 is 66.3 Å². The molecule has 1 fully saturated rings. The zero-order valence-corrected chi connectivity index (χ0v) is 36.2. The second kappa shape index (κ2) is 25.5. The highest BCUT2D eigenvalue weighted by molar-refractivity contribution is 6.34. The minimum absolute atomic E-state index is 0.0219. The first-order valence-electron chi connectivity index (χ1n) is 20.8. The lowest BCUT2D eigenvalue weighted by Crippen LogP contribution is -2.45. The molecule has 0 amide bonds. The highest BCUT2D eigenvalue weighted by Gasteiger charge is 2.39. The van der Waals surface area contributed by atoms with E-state index in [-0.39, 0.29) is 65.7 Å². The van der Waals surface area contributed by atoms with Crippen LogP contribution in [0.3, 0.4) is 0 Å². The van der Waals surface area contributed by atoms with Crippen molar-refractivity contribution >= 4 is 35.4 Å². The highest BCUT2D eigenvalue weighted by Crippen LogP contribution is 2.41. The summed E-state index contributed by atoms with van der Waals surface area (Å²) < 4.78 is 53.7. The van der Waals surface area contributed by atoms with Crippen LogP contribution in [0.1, 0.15) is 103 Å². The summed E-state index contributed by atoms with van der Waals surface area (Å²) in [5.41, 5.74) is -0.277. The third-order valence-corrected chi connectivity index (χ3v) is 10.5. The van der Waals surface area contributed by atoms with Crippen LogP contribution in [-0.2, 0) is 52.5 Å². The Bertz CT molecular complexity index is 1820. The summed E-state index contributed by atoms with van der Waals surface area (Å²) in [6.07, 6.45) is 9.87. The van der Waals surface area contributed by atoms with Crippen LogP contribution in [0.15, 0.2) is 60.7 Å². The molecule has 61 heavy (non-hydrogen) atoms. The van der Waals surface area contributed by atoms with Crippen LogP contribution >= 0.6 is 0 Å². The molecule has 1 saturated carbocycles. The Morgan fingerprint density at radius 2 is 1.25 bits per heavy atom. The van der Waals surface area contributed by atoms with Crippen molar-refractivity contribution in [2.75, 3.05) is 53.9 Å². The summed E-state index contributed by atoms with van der Waals surface area (Å²) in [7, 11) is 2.70. The van der Waals surface area contributed by atoms with Gasteiger partial charge in [-0.05, 0) is 75.1 Å². The number of ether oxygens (including phenoxy) is 7. The number of halogens is 1. The summed E-state index contributed by atoms with van der Waals surface area (Å²) >= 11 is 0. The highest BCUT2D eigenvalue weighted by atomic mass is 19.1. The molecule has 1 aliphatic carbocycles. The topological polar surface area (TPSA) is 167 Å². The van der Waals surface area contributed by atoms with Crippen LogP contribution in [0, 0.1) is 17.2 Å². The second-order valence-corrected chi connectivity index (χ2v) is 15.8. The largest absolute Gasteiger partial charge is 0.492 e. The maximum atomic E-state index is 16.1. The van der Waals surface area contributed by atoms with Crippen molar-refractivity contribution in [1.29, 1.82) is 0 Å². The van der Waals surface area contributed by atoms with Gasteiger partial charge in [-0.3, -0.25) is 9.59 Å². The molecule has 0 aromatic heterocycles. The second-order valence-electron chi connectivity index (χ2n) is 15.8. The van der Waals surface area contributed by atoms with Crippen LogP contribution in [0.5, 0.6) is 11.5 Å². The molecule has 0 unspecified atom stereocenters. The van der Waals surface area contributed by atoms with Crippen molar-refractivity contribution in [2.24, 2.45) is 11.3 Å². The number of benzene rings is 2. The molecular weight excluding hydrogens is 792 g/mol. The fourth-order valence-corrected chi connectivity index (χ4v) is 6.75. The summed E-state index contributed by atoms with van der Waals surface area (Å²) in [6.45, 7) is 9.67. The van der Waals surface area contributed by atoms with E-state index < -0.39 is 73.1 Å². The minimum atomic E-state index is -1.72. The van der Waals surface area contributed by atoms with Crippen molar-refractivity contribution in [1.82, 2.24) is 0 Å². The Kier molecular flexibility index (Phi) is 21.0. The van der Waals surface area contributed by atoms with Gasteiger partial charge in [-0.2, -0.15) is 0 Å². The molecule has 0 saturated heterocycles. The third kappa shape index (κ3) is 16.3. The van der Waals surface area contributed by atoms with Crippen molar-refractivity contribution in [2.45, 2.75) is 97.3 Å². The smallest absolute Gasteiger partial charge is 0.374 e. The lowest BCUT2D eigenvalue weighted by molar-refractivity contribution is -0.169. The van der Waals surface area contributed by atoms with E-state index in [0.29, 0.717) is 5.92 Å². The molecular formula is C47H61FO13. The summed E-state index contributed by atoms with van der Waals surface area (Å²) in [4.78, 5) is 75.7. The number of unbranched alkanes of at least 4 members (excludes halogenated alkanes) is 3. The van der Waals surface area contributed by atoms with Gasteiger partial charge in [0.25, 0.3) is 0 Å². The monoisotopic (exact) mass is 852 g/mol. The van der Waals surface area contributed by atoms with Gasteiger partial charge in [0.1, 0.15) is 49.2 Å². The van der Waals surface area contributed by atoms with Crippen LogP contribution in [0.25, 0.3) is 11.1 Å². The maximum absolute atomic E-state index is 16.1. The van der Waals surface area contributed by atoms with E-state index in [0.717, 1.165) is 31.2 Å². The quantitative estimate of drug-likeness (QED) is 0.0212. The van der Waals surface area contributed by atoms with E-state index in [9.17, 15) is 28.8 Å². The van der Waals surface area contributed by atoms with Gasteiger partial charge >= 0.3 is 23.9 Å². The van der Waals surface area contributed by atoms with Crippen molar-refractivity contribution in [3.8, 4) is 22.6 Å². The lowest BCUT2D eigenvalue weighted by atomic mass is 9.77. The summed E-state index contributed by atoms with van der Waals surface area (Å²) in [6, 6.07) is 9.44. The van der Waals surface area contributed by atoms with Crippen molar-refractivity contribution in [3.63, 3.8) is 0 Å². The molecule has 0 spiro atoms. The van der Waals surface area contributed by atoms with E-state index in [1.165, 1.54) is 78.4 Å². The number of rotatable bonds is 27. The predicted octanol–water partition coefficient (Wildman–Crippen LogP) is 8.00. The fourth-order valence-electron chi connectivity index (χ4n) is 6.75. The first-order chi connectivity index (χ1) is 29.1. The van der Waals surface area contributed by atoms with Gasteiger partial charge in [0.15, 0.2) is 0 Å². The average molecular weight is 853 g/mol. The number of hydrogen-bond donors (Lipinski definition) is 0. The zero-order chi connectivity index (χ0) is 45.0. The van der Waals surface area contributed by atoms with E-state index in [1.54, 1.807) is 12.1 Å². The molecule has 0 aliphatic heterocycles. The van der Waals surface area contributed by atoms with Gasteiger partial charge in [-0.1, -0.05) is 64.3 Å². The molecule has 3 rings (SSSR count). The molecule has 14 heteroatoms. The molecule has 13 nitrogen and oxygen atoms in total. The Morgan fingerprint density at radius 1 is 0.689 bits per heavy atom. The maximum Gasteiger partial charge on any atom is 0.374 e. The Hall–Kier alpha value is -5.21. The van der Waals surface area contributed by atoms with Crippen molar-refractivity contribution in [3.05, 3.63) is 72.1 Å². The van der Waals surface area contributed by atoms with Gasteiger partial charge in [0.05, 0.1) is 13.2 Å².